The summed E-state index contributed by atoms with van der Waals surface area (Å²) in [6.07, 6.45) is 2.24. The average Bonchev–Trinajstić information content (AvgIpc) is 2.30. The minimum atomic E-state index is -4.16. The molecule has 0 aliphatic carbocycles. The van der Waals surface area contributed by atoms with Gasteiger partial charge in [-0.1, -0.05) is 0 Å². The highest BCUT2D eigenvalue weighted by atomic mass is 32.2. The summed E-state index contributed by atoms with van der Waals surface area (Å²) in [5, 5.41) is 0. The molecule has 1 aliphatic heterocycles. The topological polar surface area (TPSA) is 91.8 Å². The molecule has 0 aromatic rings. The number of hydrogen-bond acceptors (Lipinski definition) is 4. The second-order valence-electron chi connectivity index (χ2n) is 4.23. The maximum absolute atomic E-state index is 11.2. The lowest BCUT2D eigenvalue weighted by molar-refractivity contribution is -0.886. The Bertz CT molecular complexity index is 433. The van der Waals surface area contributed by atoms with Crippen LogP contribution < -0.4 is 0 Å². The first-order chi connectivity index (χ1) is 7.11. The van der Waals surface area contributed by atoms with Gasteiger partial charge in [-0.05, 0) is 0 Å². The highest BCUT2D eigenvalue weighted by Gasteiger charge is 2.32. The maximum Gasteiger partial charge on any atom is 0.316 e. The van der Waals surface area contributed by atoms with Gasteiger partial charge in [0.25, 0.3) is 11.8 Å². The van der Waals surface area contributed by atoms with Crippen LogP contribution in [0.1, 0.15) is 0 Å². The van der Waals surface area contributed by atoms with Crippen molar-refractivity contribution < 1.29 is 27.0 Å². The molecule has 0 spiro atoms. The first-order valence-corrected chi connectivity index (χ1v) is 6.02. The molecule has 7 nitrogen and oxygen atoms in total. The number of carbonyl (C=O) groups excluding carboxylic acids is 2. The van der Waals surface area contributed by atoms with E-state index in [2.05, 4.69) is 0 Å². The predicted molar refractivity (Wildman–Crippen MR) is 54.4 cm³/mol. The molecule has 2 amide bonds. The van der Waals surface area contributed by atoms with Gasteiger partial charge in [0.2, 0.25) is 5.88 Å². The van der Waals surface area contributed by atoms with Crippen molar-refractivity contribution in [3.05, 3.63) is 12.2 Å². The van der Waals surface area contributed by atoms with E-state index in [4.69, 9.17) is 4.55 Å². The summed E-state index contributed by atoms with van der Waals surface area (Å²) in [6, 6.07) is 0. The molecule has 8 heteroatoms. The summed E-state index contributed by atoms with van der Waals surface area (Å²) in [6.45, 7) is -0.107. The molecular weight excluding hydrogens is 236 g/mol. The zero-order chi connectivity index (χ0) is 12.6. The summed E-state index contributed by atoms with van der Waals surface area (Å²) in [5.41, 5.74) is 0. The summed E-state index contributed by atoms with van der Waals surface area (Å²) < 4.78 is 29.9. The molecule has 1 N–H and O–H groups in total. The summed E-state index contributed by atoms with van der Waals surface area (Å²) >= 11 is 0. The fourth-order valence-corrected chi connectivity index (χ4v) is 2.40. The SMILES string of the molecule is C[N+](C)(CN1C(=O)C=CC1=O)CS(=O)(=O)O. The maximum atomic E-state index is 11.2. The molecule has 0 bridgehead atoms. The second kappa shape index (κ2) is 3.96. The number of imide groups is 1. The molecule has 0 unspecified atom stereocenters. The van der Waals surface area contributed by atoms with E-state index in [0.29, 0.717) is 0 Å². The van der Waals surface area contributed by atoms with E-state index < -0.39 is 27.8 Å². The number of nitrogens with zero attached hydrogens (tertiary/aromatic N) is 2. The van der Waals surface area contributed by atoms with E-state index in [1.54, 1.807) is 0 Å². The van der Waals surface area contributed by atoms with Gasteiger partial charge in [-0.2, -0.15) is 8.42 Å². The van der Waals surface area contributed by atoms with Crippen LogP contribution in [0.2, 0.25) is 0 Å². The third-order valence-corrected chi connectivity index (χ3v) is 2.96. The lowest BCUT2D eigenvalue weighted by Gasteiger charge is -2.31. The molecule has 0 fully saturated rings. The number of hydrogen-bond donors (Lipinski definition) is 1. The number of quaternary nitrogens is 1. The molecule has 0 atom stereocenters. The minimum absolute atomic E-state index is 0.107. The van der Waals surface area contributed by atoms with E-state index in [0.717, 1.165) is 17.1 Å². The Balaban J connectivity index is 2.74. The third-order valence-electron chi connectivity index (χ3n) is 1.94. The lowest BCUT2D eigenvalue weighted by atomic mass is 10.5. The Morgan fingerprint density at radius 3 is 2.06 bits per heavy atom. The van der Waals surface area contributed by atoms with Crippen LogP contribution >= 0.6 is 0 Å². The van der Waals surface area contributed by atoms with Crippen molar-refractivity contribution in [2.24, 2.45) is 0 Å². The monoisotopic (exact) mass is 249 g/mol. The highest BCUT2D eigenvalue weighted by Crippen LogP contribution is 2.09. The van der Waals surface area contributed by atoms with E-state index in [-0.39, 0.29) is 11.2 Å². The van der Waals surface area contributed by atoms with Crippen molar-refractivity contribution >= 4 is 21.9 Å². The molecule has 1 aliphatic rings. The Morgan fingerprint density at radius 2 is 1.69 bits per heavy atom. The van der Waals surface area contributed by atoms with Crippen molar-refractivity contribution in [2.75, 3.05) is 26.6 Å². The fourth-order valence-electron chi connectivity index (χ4n) is 1.44. The molecule has 0 aromatic carbocycles. The average molecular weight is 249 g/mol. The van der Waals surface area contributed by atoms with Crippen LogP contribution in [0.15, 0.2) is 12.2 Å². The Labute approximate surface area is 93.3 Å². The van der Waals surface area contributed by atoms with Gasteiger partial charge in [-0.3, -0.25) is 18.6 Å². The molecule has 1 rings (SSSR count). The highest BCUT2D eigenvalue weighted by molar-refractivity contribution is 7.85. The van der Waals surface area contributed by atoms with Crippen molar-refractivity contribution in [3.8, 4) is 0 Å². The molecule has 0 saturated carbocycles. The van der Waals surface area contributed by atoms with Gasteiger partial charge in [-0.15, -0.1) is 0 Å². The molecule has 16 heavy (non-hydrogen) atoms. The molecular formula is C8H13N2O5S+. The summed E-state index contributed by atoms with van der Waals surface area (Å²) in [7, 11) is -1.17. The first kappa shape index (κ1) is 12.8. The van der Waals surface area contributed by atoms with Gasteiger partial charge in [0, 0.05) is 12.2 Å². The molecule has 1 heterocycles. The van der Waals surface area contributed by atoms with Crippen molar-refractivity contribution in [3.63, 3.8) is 0 Å². The zero-order valence-corrected chi connectivity index (χ0v) is 9.77. The Hall–Kier alpha value is -1.25. The van der Waals surface area contributed by atoms with E-state index >= 15 is 0 Å². The first-order valence-electron chi connectivity index (χ1n) is 4.41. The number of amides is 2. The third kappa shape index (κ3) is 3.40. The molecule has 0 saturated heterocycles. The fraction of sp³-hybridized carbons (Fsp3) is 0.500. The van der Waals surface area contributed by atoms with Crippen LogP contribution in [0.25, 0.3) is 0 Å². The van der Waals surface area contributed by atoms with Gasteiger partial charge in [0.05, 0.1) is 14.1 Å². The van der Waals surface area contributed by atoms with Gasteiger partial charge in [0.15, 0.2) is 6.67 Å². The van der Waals surface area contributed by atoms with Gasteiger partial charge in [-0.25, -0.2) is 4.90 Å². The quantitative estimate of drug-likeness (QED) is 0.383. The largest absolute Gasteiger partial charge is 0.316 e. The Morgan fingerprint density at radius 1 is 1.25 bits per heavy atom. The minimum Gasteiger partial charge on any atom is -0.296 e. The molecule has 0 aromatic heterocycles. The van der Waals surface area contributed by atoms with Crippen LogP contribution in [0.5, 0.6) is 0 Å². The van der Waals surface area contributed by atoms with E-state index in [1.165, 1.54) is 14.1 Å². The van der Waals surface area contributed by atoms with Crippen LogP contribution in [-0.2, 0) is 19.7 Å². The van der Waals surface area contributed by atoms with Crippen molar-refractivity contribution in [2.45, 2.75) is 0 Å². The molecule has 0 radical (unpaired) electrons. The summed E-state index contributed by atoms with van der Waals surface area (Å²) in [4.78, 5) is 23.4. The van der Waals surface area contributed by atoms with Crippen molar-refractivity contribution in [1.82, 2.24) is 4.90 Å². The number of rotatable bonds is 4. The Kier molecular flexibility index (Phi) is 3.17. The van der Waals surface area contributed by atoms with E-state index in [1.807, 2.05) is 0 Å². The van der Waals surface area contributed by atoms with Gasteiger partial charge < -0.3 is 0 Å². The van der Waals surface area contributed by atoms with Crippen LogP contribution in [-0.4, -0.2) is 60.8 Å². The van der Waals surface area contributed by atoms with E-state index in [9.17, 15) is 18.0 Å². The van der Waals surface area contributed by atoms with Gasteiger partial charge >= 0.3 is 10.1 Å². The zero-order valence-electron chi connectivity index (χ0n) is 8.95. The van der Waals surface area contributed by atoms with Crippen LogP contribution in [0.3, 0.4) is 0 Å². The number of carbonyl (C=O) groups is 2. The standard InChI is InChI=1S/C8H12N2O5S/c1-10(2,6-16(13,14)15)5-9-7(11)3-4-8(9)12/h3-4H,5-6H2,1-2H3/p+1. The van der Waals surface area contributed by atoms with Crippen LogP contribution in [0, 0.1) is 0 Å². The second-order valence-corrected chi connectivity index (χ2v) is 5.65. The van der Waals surface area contributed by atoms with Crippen LogP contribution in [0.4, 0.5) is 0 Å². The lowest BCUT2D eigenvalue weighted by Crippen LogP contribution is -2.52. The smallest absolute Gasteiger partial charge is 0.296 e. The predicted octanol–water partition coefficient (Wildman–Crippen LogP) is -1.21. The molecule has 90 valence electrons. The summed E-state index contributed by atoms with van der Waals surface area (Å²) in [5.74, 6) is -1.53. The normalized spacial score (nSPS) is 17.3. The van der Waals surface area contributed by atoms with Gasteiger partial charge in [0.1, 0.15) is 0 Å². The van der Waals surface area contributed by atoms with Crippen molar-refractivity contribution in [1.29, 1.82) is 0 Å².